The van der Waals surface area contributed by atoms with Crippen molar-refractivity contribution in [2.75, 3.05) is 26.7 Å². The molecule has 0 saturated carbocycles. The molecule has 2 aromatic rings. The molecule has 6 rings (SSSR count). The van der Waals surface area contributed by atoms with Crippen LogP contribution in [0, 0.1) is 5.92 Å². The van der Waals surface area contributed by atoms with E-state index in [4.69, 9.17) is 4.74 Å². The van der Waals surface area contributed by atoms with Crippen LogP contribution in [-0.2, 0) is 0 Å². The van der Waals surface area contributed by atoms with E-state index >= 15 is 0 Å². The highest BCUT2D eigenvalue weighted by Gasteiger charge is 2.54. The minimum atomic E-state index is -0.00338. The number of amides is 1. The summed E-state index contributed by atoms with van der Waals surface area (Å²) >= 11 is 0. The second-order valence-electron chi connectivity index (χ2n) is 8.07. The van der Waals surface area contributed by atoms with Gasteiger partial charge in [0.15, 0.2) is 0 Å². The van der Waals surface area contributed by atoms with E-state index in [1.807, 2.05) is 12.1 Å². The number of hydrogen-bond donors (Lipinski definition) is 1. The van der Waals surface area contributed by atoms with Gasteiger partial charge >= 0.3 is 0 Å². The number of nitrogens with zero attached hydrogens (tertiary/aromatic N) is 3. The zero-order valence-corrected chi connectivity index (χ0v) is 16.0. The first-order chi connectivity index (χ1) is 13.7. The van der Waals surface area contributed by atoms with Crippen LogP contribution in [0.3, 0.4) is 0 Å². The summed E-state index contributed by atoms with van der Waals surface area (Å²) in [4.78, 5) is 22.4. The summed E-state index contributed by atoms with van der Waals surface area (Å²) in [5.41, 5.74) is 1.63. The average Bonchev–Trinajstić information content (AvgIpc) is 3.17. The molecule has 0 spiro atoms. The third kappa shape index (κ3) is 2.66. The van der Waals surface area contributed by atoms with Crippen LogP contribution in [0.25, 0.3) is 0 Å². The molecule has 4 saturated heterocycles. The number of aromatic hydroxyl groups is 1. The molecule has 4 fully saturated rings. The number of aromatic nitrogens is 1. The van der Waals surface area contributed by atoms with E-state index < -0.39 is 0 Å². The van der Waals surface area contributed by atoms with Gasteiger partial charge in [-0.15, -0.1) is 0 Å². The van der Waals surface area contributed by atoms with Gasteiger partial charge in [0, 0.05) is 24.7 Å². The van der Waals surface area contributed by atoms with E-state index in [1.54, 1.807) is 31.5 Å². The average molecular weight is 379 g/mol. The van der Waals surface area contributed by atoms with Crippen LogP contribution in [0.15, 0.2) is 42.6 Å². The Morgan fingerprint density at radius 3 is 2.75 bits per heavy atom. The van der Waals surface area contributed by atoms with Gasteiger partial charge in [-0.3, -0.25) is 9.69 Å². The second-order valence-corrected chi connectivity index (χ2v) is 8.07. The Hall–Kier alpha value is -2.60. The van der Waals surface area contributed by atoms with E-state index in [0.717, 1.165) is 31.5 Å². The topological polar surface area (TPSA) is 65.9 Å². The number of phenolic OH excluding ortho intramolecular Hbond substituents is 1. The molecule has 0 radical (unpaired) electrons. The Labute approximate surface area is 164 Å². The molecule has 0 unspecified atom stereocenters. The van der Waals surface area contributed by atoms with Crippen LogP contribution in [0.1, 0.15) is 34.7 Å². The predicted octanol–water partition coefficient (Wildman–Crippen LogP) is 2.50. The highest BCUT2D eigenvalue weighted by atomic mass is 16.5. The highest BCUT2D eigenvalue weighted by molar-refractivity contribution is 5.97. The maximum atomic E-state index is 13.5. The summed E-state index contributed by atoms with van der Waals surface area (Å²) in [6, 6.07) is 11.6. The van der Waals surface area contributed by atoms with Gasteiger partial charge in [-0.25, -0.2) is 4.98 Å². The molecule has 3 atom stereocenters. The summed E-state index contributed by atoms with van der Waals surface area (Å²) in [5.74, 6) is 1.39. The molecule has 2 bridgehead atoms. The predicted molar refractivity (Wildman–Crippen MR) is 105 cm³/mol. The van der Waals surface area contributed by atoms with Gasteiger partial charge in [-0.1, -0.05) is 12.1 Å². The number of phenols is 1. The maximum absolute atomic E-state index is 13.5. The van der Waals surface area contributed by atoms with Crippen LogP contribution in [0.4, 0.5) is 0 Å². The van der Waals surface area contributed by atoms with Gasteiger partial charge < -0.3 is 14.7 Å². The third-order valence-corrected chi connectivity index (χ3v) is 6.75. The number of ether oxygens (including phenoxy) is 1. The Bertz CT molecular complexity index is 894. The van der Waals surface area contributed by atoms with Gasteiger partial charge in [0.1, 0.15) is 11.3 Å². The van der Waals surface area contributed by atoms with Gasteiger partial charge in [0.2, 0.25) is 5.88 Å². The molecule has 1 aromatic carbocycles. The number of pyridine rings is 1. The number of rotatable bonds is 3. The summed E-state index contributed by atoms with van der Waals surface area (Å²) in [5, 5.41) is 10.0. The van der Waals surface area contributed by atoms with Gasteiger partial charge in [-0.05, 0) is 61.7 Å². The Balaban J connectivity index is 1.54. The van der Waals surface area contributed by atoms with Crippen LogP contribution >= 0.6 is 0 Å². The van der Waals surface area contributed by atoms with E-state index in [0.29, 0.717) is 29.9 Å². The highest BCUT2D eigenvalue weighted by Crippen LogP contribution is 2.47. The van der Waals surface area contributed by atoms with Crippen LogP contribution < -0.4 is 4.74 Å². The van der Waals surface area contributed by atoms with Crippen molar-refractivity contribution in [1.82, 2.24) is 14.8 Å². The van der Waals surface area contributed by atoms with Crippen molar-refractivity contribution >= 4 is 5.91 Å². The zero-order chi connectivity index (χ0) is 19.3. The molecular formula is C22H25N3O3. The number of hydrogen-bond acceptors (Lipinski definition) is 5. The fourth-order valence-electron chi connectivity index (χ4n) is 5.57. The summed E-state index contributed by atoms with van der Waals surface area (Å²) < 4.78 is 5.35. The zero-order valence-electron chi connectivity index (χ0n) is 16.0. The Morgan fingerprint density at radius 1 is 1.18 bits per heavy atom. The lowest BCUT2D eigenvalue weighted by Gasteiger charge is -2.51. The molecule has 1 amide bonds. The maximum Gasteiger partial charge on any atom is 0.259 e. The first kappa shape index (κ1) is 17.5. The lowest BCUT2D eigenvalue weighted by Crippen LogP contribution is -2.60. The smallest absolute Gasteiger partial charge is 0.259 e. The lowest BCUT2D eigenvalue weighted by molar-refractivity contribution is -0.00351. The van der Waals surface area contributed by atoms with Gasteiger partial charge in [0.05, 0.1) is 13.2 Å². The van der Waals surface area contributed by atoms with Crippen LogP contribution in [-0.4, -0.2) is 64.6 Å². The minimum Gasteiger partial charge on any atom is -0.508 e. The Kier molecular flexibility index (Phi) is 4.23. The largest absolute Gasteiger partial charge is 0.508 e. The number of likely N-dealkylation sites (tertiary alicyclic amines) is 1. The number of methoxy groups -OCH3 is 1. The number of carbonyl (C=O) groups excluding carboxylic acids is 1. The number of fused-ring (bicyclic) bond motifs is 2. The van der Waals surface area contributed by atoms with E-state index in [1.165, 1.54) is 0 Å². The SMILES string of the molecule is COc1ncccc1C(=O)N1C[C@H](c2cccc(O)c2)[C@H]2[C@@H]1C1CCN2CC1. The molecule has 6 nitrogen and oxygen atoms in total. The molecule has 0 aliphatic carbocycles. The van der Waals surface area contributed by atoms with Crippen LogP contribution in [0.5, 0.6) is 11.6 Å². The molecule has 4 aliphatic heterocycles. The van der Waals surface area contributed by atoms with Gasteiger partial charge in [-0.2, -0.15) is 0 Å². The first-order valence-corrected chi connectivity index (χ1v) is 10.0. The molecule has 1 N–H and O–H groups in total. The fourth-order valence-corrected chi connectivity index (χ4v) is 5.57. The molecule has 5 heterocycles. The van der Waals surface area contributed by atoms with Crippen molar-refractivity contribution in [3.63, 3.8) is 0 Å². The van der Waals surface area contributed by atoms with Gasteiger partial charge in [0.25, 0.3) is 5.91 Å². The van der Waals surface area contributed by atoms with E-state index in [2.05, 4.69) is 20.9 Å². The molecule has 4 aliphatic rings. The number of carbonyl (C=O) groups is 1. The first-order valence-electron chi connectivity index (χ1n) is 10.0. The molecular weight excluding hydrogens is 354 g/mol. The number of benzene rings is 1. The summed E-state index contributed by atoms with van der Waals surface area (Å²) in [6.45, 7) is 2.85. The minimum absolute atomic E-state index is 0.00338. The second kappa shape index (κ2) is 6.78. The van der Waals surface area contributed by atoms with Crippen molar-refractivity contribution in [2.24, 2.45) is 5.92 Å². The van der Waals surface area contributed by atoms with Crippen LogP contribution in [0.2, 0.25) is 0 Å². The summed E-state index contributed by atoms with van der Waals surface area (Å²) in [6.07, 6.45) is 3.93. The fraction of sp³-hybridized carbons (Fsp3) is 0.455. The van der Waals surface area contributed by atoms with Crippen molar-refractivity contribution in [3.05, 3.63) is 53.7 Å². The van der Waals surface area contributed by atoms with Crippen molar-refractivity contribution in [2.45, 2.75) is 30.8 Å². The quantitative estimate of drug-likeness (QED) is 0.888. The van der Waals surface area contributed by atoms with Crippen molar-refractivity contribution in [1.29, 1.82) is 0 Å². The van der Waals surface area contributed by atoms with Crippen molar-refractivity contribution in [3.8, 4) is 11.6 Å². The lowest BCUT2D eigenvalue weighted by atomic mass is 9.75. The molecule has 28 heavy (non-hydrogen) atoms. The number of piperidine rings is 3. The normalized spacial score (nSPS) is 30.9. The van der Waals surface area contributed by atoms with E-state index in [9.17, 15) is 9.90 Å². The van der Waals surface area contributed by atoms with Crippen molar-refractivity contribution < 1.29 is 14.6 Å². The molecule has 6 heteroatoms. The standard InChI is InChI=1S/C22H25N3O3/c1-28-21-17(6-3-9-23-21)22(27)25-13-18(15-4-2-5-16(26)12-15)20-19(25)14-7-10-24(20)11-8-14/h2-6,9,12,14,18-20,26H,7-8,10-11,13H2,1H3/t18-,19+,20+/m1/s1. The Morgan fingerprint density at radius 2 is 2.00 bits per heavy atom. The molecule has 146 valence electrons. The van der Waals surface area contributed by atoms with E-state index in [-0.39, 0.29) is 23.6 Å². The molecule has 1 aromatic heterocycles. The monoisotopic (exact) mass is 379 g/mol. The summed E-state index contributed by atoms with van der Waals surface area (Å²) in [7, 11) is 1.55. The third-order valence-electron chi connectivity index (χ3n) is 6.75.